The van der Waals surface area contributed by atoms with Crippen molar-refractivity contribution in [1.29, 1.82) is 0 Å². The zero-order valence-corrected chi connectivity index (χ0v) is 16.1. The lowest BCUT2D eigenvalue weighted by Gasteiger charge is -2.06. The maximum Gasteiger partial charge on any atom is 0.180 e. The molecule has 150 valence electrons. The van der Waals surface area contributed by atoms with E-state index in [4.69, 9.17) is 20.9 Å². The summed E-state index contributed by atoms with van der Waals surface area (Å²) in [5.74, 6) is -0.0240. The Kier molecular flexibility index (Phi) is 6.58. The van der Waals surface area contributed by atoms with Crippen LogP contribution in [0.4, 0.5) is 10.1 Å². The second-order valence-corrected chi connectivity index (χ2v) is 6.51. The fourth-order valence-corrected chi connectivity index (χ4v) is 2.81. The van der Waals surface area contributed by atoms with Crippen molar-refractivity contribution in [2.45, 2.75) is 12.8 Å². The molecule has 0 spiro atoms. The number of ether oxygens (including phenoxy) is 1. The number of halogens is 2. The van der Waals surface area contributed by atoms with Crippen LogP contribution < -0.4 is 10.2 Å². The van der Waals surface area contributed by atoms with Gasteiger partial charge in [0.1, 0.15) is 23.6 Å². The number of aliphatic imine (C=N–C) groups is 1. The third kappa shape index (κ3) is 5.18. The Morgan fingerprint density at radius 1 is 1.28 bits per heavy atom. The topological polar surface area (TPSA) is 97.0 Å². The molecule has 0 fully saturated rings. The van der Waals surface area contributed by atoms with E-state index in [1.165, 1.54) is 18.4 Å². The number of nitrogens with one attached hydrogen (secondary N) is 1. The highest BCUT2D eigenvalue weighted by Crippen LogP contribution is 2.22. The number of Topliss-reactive ketones (excluding diaryl/α,β-unsaturated/α-hetero) is 1. The molecule has 3 rings (SSSR count). The fraction of sp³-hybridized carbons (Fsp3) is 0.150. The van der Waals surface area contributed by atoms with Crippen molar-refractivity contribution in [1.82, 2.24) is 10.6 Å². The number of carbonyl (C=O) groups is 1. The summed E-state index contributed by atoms with van der Waals surface area (Å²) in [6.07, 6.45) is 1.54. The molecule has 1 heterocycles. The van der Waals surface area contributed by atoms with Gasteiger partial charge in [-0.3, -0.25) is 15.5 Å². The summed E-state index contributed by atoms with van der Waals surface area (Å²) in [5.41, 5.74) is 3.65. The average molecular weight is 418 g/mol. The molecule has 0 amide bonds. The van der Waals surface area contributed by atoms with E-state index < -0.39 is 5.82 Å². The van der Waals surface area contributed by atoms with Crippen molar-refractivity contribution in [2.75, 3.05) is 7.11 Å². The van der Waals surface area contributed by atoms with Gasteiger partial charge in [-0.05, 0) is 35.9 Å². The van der Waals surface area contributed by atoms with Gasteiger partial charge in [0.2, 0.25) is 0 Å². The standard InChI is InChI=1S/C20H17ClFN3O4/c1-28-16-5-2-12(3-6-16)8-15(26)9-13-11-29-25-19(13)20(24-27)23-14-4-7-18(22)17(21)10-14/h2-7,10-11,27H,8-9H2,1H3,(H,23,24). The molecular formula is C20H17ClFN3O4. The van der Waals surface area contributed by atoms with Gasteiger partial charge in [-0.15, -0.1) is 0 Å². The highest BCUT2D eigenvalue weighted by atomic mass is 35.5. The lowest BCUT2D eigenvalue weighted by atomic mass is 10.0. The molecule has 0 aliphatic heterocycles. The van der Waals surface area contributed by atoms with Crippen LogP contribution in [-0.2, 0) is 17.6 Å². The summed E-state index contributed by atoms with van der Waals surface area (Å²) >= 11 is 5.75. The largest absolute Gasteiger partial charge is 0.497 e. The first-order chi connectivity index (χ1) is 14.0. The predicted molar refractivity (Wildman–Crippen MR) is 104 cm³/mol. The predicted octanol–water partition coefficient (Wildman–Crippen LogP) is 3.89. The van der Waals surface area contributed by atoms with Crippen molar-refractivity contribution >= 4 is 28.9 Å². The second-order valence-electron chi connectivity index (χ2n) is 6.10. The summed E-state index contributed by atoms with van der Waals surface area (Å²) in [6, 6.07) is 11.0. The van der Waals surface area contributed by atoms with E-state index in [1.807, 2.05) is 17.6 Å². The van der Waals surface area contributed by atoms with Gasteiger partial charge >= 0.3 is 0 Å². The van der Waals surface area contributed by atoms with Crippen LogP contribution in [0.2, 0.25) is 5.02 Å². The van der Waals surface area contributed by atoms with E-state index in [0.717, 1.165) is 11.6 Å². The summed E-state index contributed by atoms with van der Waals surface area (Å²) in [4.78, 5) is 16.6. The smallest absolute Gasteiger partial charge is 0.180 e. The monoisotopic (exact) mass is 417 g/mol. The second kappa shape index (κ2) is 9.31. The number of aromatic nitrogens is 1. The number of hydrogen-bond donors (Lipinski definition) is 2. The molecule has 0 aliphatic carbocycles. The van der Waals surface area contributed by atoms with E-state index in [-0.39, 0.29) is 40.9 Å². The van der Waals surface area contributed by atoms with Crippen LogP contribution in [0, 0.1) is 5.82 Å². The molecule has 29 heavy (non-hydrogen) atoms. The Labute approximate surface area is 170 Å². The number of carbonyl (C=O) groups excluding carboxylic acids is 1. The highest BCUT2D eigenvalue weighted by molar-refractivity contribution is 6.31. The number of hydrogen-bond acceptors (Lipinski definition) is 6. The zero-order chi connectivity index (χ0) is 20.8. The molecule has 3 aromatic rings. The van der Waals surface area contributed by atoms with Crippen LogP contribution in [0.25, 0.3) is 0 Å². The van der Waals surface area contributed by atoms with Crippen LogP contribution in [0.5, 0.6) is 5.75 Å². The molecule has 0 saturated carbocycles. The summed E-state index contributed by atoms with van der Waals surface area (Å²) in [6.45, 7) is 0. The van der Waals surface area contributed by atoms with Crippen molar-refractivity contribution in [3.05, 3.63) is 76.4 Å². The molecule has 0 aliphatic rings. The first-order valence-electron chi connectivity index (χ1n) is 8.52. The normalized spacial score (nSPS) is 11.4. The maximum atomic E-state index is 13.3. The Morgan fingerprint density at radius 2 is 2.03 bits per heavy atom. The zero-order valence-electron chi connectivity index (χ0n) is 15.4. The number of ketones is 1. The summed E-state index contributed by atoms with van der Waals surface area (Å²) < 4.78 is 23.4. The van der Waals surface area contributed by atoms with Crippen LogP contribution in [0.15, 0.2) is 58.2 Å². The number of rotatable bonds is 7. The number of benzene rings is 2. The molecule has 0 radical (unpaired) electrons. The SMILES string of the molecule is COc1ccc(CC(=O)Cc2conc2C(=Nc2ccc(F)c(Cl)c2)NO)cc1. The molecular weight excluding hydrogens is 401 g/mol. The molecule has 9 heteroatoms. The van der Waals surface area contributed by atoms with Gasteiger partial charge in [0.15, 0.2) is 11.5 Å². The van der Waals surface area contributed by atoms with E-state index in [1.54, 1.807) is 19.2 Å². The van der Waals surface area contributed by atoms with Crippen molar-refractivity contribution < 1.29 is 23.7 Å². The Balaban J connectivity index is 1.76. The van der Waals surface area contributed by atoms with Gasteiger partial charge in [0, 0.05) is 18.4 Å². The molecule has 0 atom stereocenters. The third-order valence-corrected chi connectivity index (χ3v) is 4.36. The quantitative estimate of drug-likeness (QED) is 0.344. The first kappa shape index (κ1) is 20.5. The number of hydroxylamine groups is 1. The van der Waals surface area contributed by atoms with Gasteiger partial charge in [0.05, 0.1) is 17.8 Å². The minimum Gasteiger partial charge on any atom is -0.497 e. The molecule has 0 unspecified atom stereocenters. The van der Waals surface area contributed by atoms with Crippen LogP contribution >= 0.6 is 11.6 Å². The van der Waals surface area contributed by atoms with Gasteiger partial charge in [-0.25, -0.2) is 9.38 Å². The van der Waals surface area contributed by atoms with Gasteiger partial charge < -0.3 is 9.26 Å². The highest BCUT2D eigenvalue weighted by Gasteiger charge is 2.18. The molecule has 0 bridgehead atoms. The Morgan fingerprint density at radius 3 is 2.69 bits per heavy atom. The number of methoxy groups -OCH3 is 1. The Hall–Kier alpha value is -3.23. The maximum absolute atomic E-state index is 13.3. The van der Waals surface area contributed by atoms with E-state index in [2.05, 4.69) is 10.1 Å². The third-order valence-electron chi connectivity index (χ3n) is 4.07. The van der Waals surface area contributed by atoms with Crippen LogP contribution in [0.1, 0.15) is 16.8 Å². The molecule has 2 aromatic carbocycles. The summed E-state index contributed by atoms with van der Waals surface area (Å²) in [7, 11) is 1.57. The van der Waals surface area contributed by atoms with Gasteiger partial charge in [-0.1, -0.05) is 28.9 Å². The fourth-order valence-electron chi connectivity index (χ4n) is 2.64. The van der Waals surface area contributed by atoms with Gasteiger partial charge in [0.25, 0.3) is 0 Å². The average Bonchev–Trinajstić information content (AvgIpc) is 3.17. The first-order valence-corrected chi connectivity index (χ1v) is 8.90. The minimum atomic E-state index is -0.588. The molecule has 2 N–H and O–H groups in total. The molecule has 1 aromatic heterocycles. The lowest BCUT2D eigenvalue weighted by Crippen LogP contribution is -2.22. The van der Waals surface area contributed by atoms with E-state index in [0.29, 0.717) is 11.3 Å². The van der Waals surface area contributed by atoms with E-state index >= 15 is 0 Å². The van der Waals surface area contributed by atoms with Crippen LogP contribution in [-0.4, -0.2) is 29.1 Å². The lowest BCUT2D eigenvalue weighted by molar-refractivity contribution is -0.117. The number of nitrogens with zero attached hydrogens (tertiary/aromatic N) is 2. The minimum absolute atomic E-state index is 0.0235. The summed E-state index contributed by atoms with van der Waals surface area (Å²) in [5, 5.41) is 13.1. The molecule has 7 nitrogen and oxygen atoms in total. The van der Waals surface area contributed by atoms with Gasteiger partial charge in [-0.2, -0.15) is 0 Å². The molecule has 0 saturated heterocycles. The van der Waals surface area contributed by atoms with Crippen molar-refractivity contribution in [3.63, 3.8) is 0 Å². The van der Waals surface area contributed by atoms with Crippen LogP contribution in [0.3, 0.4) is 0 Å². The number of amidine groups is 1. The van der Waals surface area contributed by atoms with E-state index in [9.17, 15) is 14.4 Å². The Bertz CT molecular complexity index is 1030. The van der Waals surface area contributed by atoms with Crippen molar-refractivity contribution in [3.8, 4) is 5.75 Å². The van der Waals surface area contributed by atoms with Crippen molar-refractivity contribution in [2.24, 2.45) is 4.99 Å².